The van der Waals surface area contributed by atoms with Crippen molar-refractivity contribution in [3.8, 4) is 5.75 Å². The molecule has 1 N–H and O–H groups in total. The molecule has 0 aliphatic carbocycles. The molecule has 140 valence electrons. The lowest BCUT2D eigenvalue weighted by molar-refractivity contribution is 0.0679. The Morgan fingerprint density at radius 3 is 3.00 bits per heavy atom. The number of hydrogen-bond donors (Lipinski definition) is 1. The van der Waals surface area contributed by atoms with E-state index < -0.39 is 0 Å². The number of nitrogens with zero attached hydrogens (tertiary/aromatic N) is 2. The van der Waals surface area contributed by atoms with E-state index >= 15 is 0 Å². The molecule has 1 fully saturated rings. The maximum absolute atomic E-state index is 12.7. The summed E-state index contributed by atoms with van der Waals surface area (Å²) in [7, 11) is 0. The third kappa shape index (κ3) is 3.80. The summed E-state index contributed by atoms with van der Waals surface area (Å²) in [6.45, 7) is 4.07. The van der Waals surface area contributed by atoms with Gasteiger partial charge in [0.25, 0.3) is 5.91 Å². The van der Waals surface area contributed by atoms with Crippen LogP contribution in [-0.2, 0) is 11.3 Å². The van der Waals surface area contributed by atoms with Gasteiger partial charge in [-0.1, -0.05) is 18.2 Å². The molecule has 1 unspecified atom stereocenters. The highest BCUT2D eigenvalue weighted by atomic mass is 16.5. The topological polar surface area (TPSA) is 65.4 Å². The van der Waals surface area contributed by atoms with Crippen molar-refractivity contribution in [2.75, 3.05) is 18.5 Å². The summed E-state index contributed by atoms with van der Waals surface area (Å²) < 4.78 is 13.4. The van der Waals surface area contributed by atoms with Crippen molar-refractivity contribution in [2.45, 2.75) is 32.4 Å². The van der Waals surface area contributed by atoms with Crippen LogP contribution in [0.1, 0.15) is 30.1 Å². The Labute approximate surface area is 158 Å². The van der Waals surface area contributed by atoms with Crippen LogP contribution in [-0.4, -0.2) is 34.8 Å². The Bertz CT molecular complexity index is 945. The van der Waals surface area contributed by atoms with E-state index in [2.05, 4.69) is 10.3 Å². The fourth-order valence-corrected chi connectivity index (χ4v) is 3.36. The average molecular weight is 365 g/mol. The summed E-state index contributed by atoms with van der Waals surface area (Å²) in [5, 5.41) is 2.92. The van der Waals surface area contributed by atoms with Gasteiger partial charge in [0.05, 0.1) is 17.1 Å². The van der Waals surface area contributed by atoms with Crippen LogP contribution < -0.4 is 10.1 Å². The van der Waals surface area contributed by atoms with Gasteiger partial charge in [-0.15, -0.1) is 0 Å². The number of para-hydroxylation sites is 2. The Balaban J connectivity index is 1.49. The van der Waals surface area contributed by atoms with Crippen molar-refractivity contribution in [1.29, 1.82) is 0 Å². The number of hydrogen-bond acceptors (Lipinski definition) is 4. The van der Waals surface area contributed by atoms with Gasteiger partial charge in [-0.05, 0) is 50.1 Å². The van der Waals surface area contributed by atoms with Gasteiger partial charge in [0.1, 0.15) is 12.4 Å². The van der Waals surface area contributed by atoms with E-state index in [1.54, 1.807) is 12.1 Å². The van der Waals surface area contributed by atoms with E-state index in [9.17, 15) is 4.79 Å². The molecule has 1 atom stereocenters. The molecule has 0 spiro atoms. The van der Waals surface area contributed by atoms with Crippen molar-refractivity contribution < 1.29 is 14.3 Å². The van der Waals surface area contributed by atoms with Crippen LogP contribution in [0.25, 0.3) is 11.0 Å². The molecule has 6 heteroatoms. The molecule has 0 bridgehead atoms. The predicted molar refractivity (Wildman–Crippen MR) is 104 cm³/mol. The predicted octanol–water partition coefficient (Wildman–Crippen LogP) is 3.87. The van der Waals surface area contributed by atoms with Gasteiger partial charge in [-0.25, -0.2) is 4.98 Å². The number of rotatable bonds is 6. The van der Waals surface area contributed by atoms with E-state index in [-0.39, 0.29) is 12.0 Å². The maximum Gasteiger partial charge on any atom is 0.258 e. The number of carbonyl (C=O) groups is 1. The van der Waals surface area contributed by atoms with Gasteiger partial charge in [0.2, 0.25) is 5.95 Å². The number of carbonyl (C=O) groups excluding carboxylic acids is 1. The minimum atomic E-state index is -0.206. The molecule has 0 saturated carbocycles. The standard InChI is InChI=1S/C21H23N3O3/c1-2-24-19-11-4-3-10-18(19)22-21(24)23-20(25)15-7-5-8-16(13-15)27-14-17-9-6-12-26-17/h3-5,7-8,10-11,13,17H,2,6,9,12,14H2,1H3,(H,22,23,25). The molecule has 1 amide bonds. The van der Waals surface area contributed by atoms with E-state index in [1.807, 2.05) is 47.9 Å². The molecule has 2 heterocycles. The van der Waals surface area contributed by atoms with Crippen molar-refractivity contribution in [1.82, 2.24) is 9.55 Å². The first-order valence-corrected chi connectivity index (χ1v) is 9.35. The summed E-state index contributed by atoms with van der Waals surface area (Å²) in [6.07, 6.45) is 2.24. The molecule has 2 aromatic carbocycles. The third-order valence-corrected chi connectivity index (χ3v) is 4.75. The third-order valence-electron chi connectivity index (χ3n) is 4.75. The number of aromatic nitrogens is 2. The van der Waals surface area contributed by atoms with Gasteiger partial charge in [-0.3, -0.25) is 10.1 Å². The Morgan fingerprint density at radius 2 is 2.19 bits per heavy atom. The first-order chi connectivity index (χ1) is 13.2. The summed E-state index contributed by atoms with van der Waals surface area (Å²) in [5.41, 5.74) is 2.40. The first-order valence-electron chi connectivity index (χ1n) is 9.35. The quantitative estimate of drug-likeness (QED) is 0.720. The largest absolute Gasteiger partial charge is 0.491 e. The average Bonchev–Trinajstić information content (AvgIpc) is 3.33. The number of nitrogens with one attached hydrogen (secondary N) is 1. The zero-order chi connectivity index (χ0) is 18.6. The molecule has 4 rings (SSSR count). The molecule has 1 aliphatic heterocycles. The van der Waals surface area contributed by atoms with Gasteiger partial charge in [-0.2, -0.15) is 0 Å². The fraction of sp³-hybridized carbons (Fsp3) is 0.333. The lowest BCUT2D eigenvalue weighted by Gasteiger charge is -2.12. The van der Waals surface area contributed by atoms with E-state index in [0.717, 1.165) is 37.0 Å². The normalized spacial score (nSPS) is 16.6. The minimum absolute atomic E-state index is 0.145. The highest BCUT2D eigenvalue weighted by Crippen LogP contribution is 2.21. The highest BCUT2D eigenvalue weighted by molar-refractivity contribution is 6.04. The molecule has 3 aromatic rings. The second-order valence-electron chi connectivity index (χ2n) is 6.60. The minimum Gasteiger partial charge on any atom is -0.491 e. The fourth-order valence-electron chi connectivity index (χ4n) is 3.36. The van der Waals surface area contributed by atoms with Crippen molar-refractivity contribution >= 4 is 22.9 Å². The van der Waals surface area contributed by atoms with Gasteiger partial charge >= 0.3 is 0 Å². The Hall–Kier alpha value is -2.86. The number of fused-ring (bicyclic) bond motifs is 1. The van der Waals surface area contributed by atoms with Crippen LogP contribution in [0.5, 0.6) is 5.75 Å². The molecule has 1 aromatic heterocycles. The second kappa shape index (κ2) is 7.80. The number of benzene rings is 2. The molecular formula is C21H23N3O3. The molecule has 27 heavy (non-hydrogen) atoms. The lowest BCUT2D eigenvalue weighted by atomic mass is 10.2. The Morgan fingerprint density at radius 1 is 1.30 bits per heavy atom. The van der Waals surface area contributed by atoms with E-state index in [4.69, 9.17) is 9.47 Å². The SMILES string of the molecule is CCn1c(NC(=O)c2cccc(OCC3CCCO3)c2)nc2ccccc21. The Kier molecular flexibility index (Phi) is 5.07. The number of amides is 1. The molecule has 1 saturated heterocycles. The maximum atomic E-state index is 12.7. The summed E-state index contributed by atoms with van der Waals surface area (Å²) in [6, 6.07) is 15.1. The number of anilines is 1. The van der Waals surface area contributed by atoms with Crippen LogP contribution in [0.2, 0.25) is 0 Å². The molecule has 6 nitrogen and oxygen atoms in total. The van der Waals surface area contributed by atoms with Crippen LogP contribution in [0.4, 0.5) is 5.95 Å². The molecular weight excluding hydrogens is 342 g/mol. The van der Waals surface area contributed by atoms with Crippen LogP contribution in [0, 0.1) is 0 Å². The summed E-state index contributed by atoms with van der Waals surface area (Å²) in [4.78, 5) is 17.3. The zero-order valence-electron chi connectivity index (χ0n) is 15.4. The van der Waals surface area contributed by atoms with Crippen LogP contribution in [0.3, 0.4) is 0 Å². The summed E-state index contributed by atoms with van der Waals surface area (Å²) in [5.74, 6) is 1.01. The number of ether oxygens (including phenoxy) is 2. The summed E-state index contributed by atoms with van der Waals surface area (Å²) >= 11 is 0. The smallest absolute Gasteiger partial charge is 0.258 e. The van der Waals surface area contributed by atoms with E-state index in [1.165, 1.54) is 0 Å². The van der Waals surface area contributed by atoms with E-state index in [0.29, 0.717) is 23.9 Å². The second-order valence-corrected chi connectivity index (χ2v) is 6.60. The monoisotopic (exact) mass is 365 g/mol. The van der Waals surface area contributed by atoms with Gasteiger partial charge < -0.3 is 14.0 Å². The van der Waals surface area contributed by atoms with Crippen LogP contribution in [0.15, 0.2) is 48.5 Å². The zero-order valence-corrected chi connectivity index (χ0v) is 15.4. The van der Waals surface area contributed by atoms with Crippen molar-refractivity contribution in [3.63, 3.8) is 0 Å². The number of aryl methyl sites for hydroxylation is 1. The molecule has 0 radical (unpaired) electrons. The first kappa shape index (κ1) is 17.5. The van der Waals surface area contributed by atoms with Crippen LogP contribution >= 0.6 is 0 Å². The lowest BCUT2D eigenvalue weighted by Crippen LogP contribution is -2.17. The van der Waals surface area contributed by atoms with Gasteiger partial charge in [0, 0.05) is 18.7 Å². The highest BCUT2D eigenvalue weighted by Gasteiger charge is 2.17. The molecule has 1 aliphatic rings. The van der Waals surface area contributed by atoms with Crippen molar-refractivity contribution in [3.05, 3.63) is 54.1 Å². The number of imidazole rings is 1. The van der Waals surface area contributed by atoms with Crippen molar-refractivity contribution in [2.24, 2.45) is 0 Å². The van der Waals surface area contributed by atoms with Gasteiger partial charge in [0.15, 0.2) is 0 Å².